The van der Waals surface area contributed by atoms with Crippen molar-refractivity contribution in [3.63, 3.8) is 0 Å². The summed E-state index contributed by atoms with van der Waals surface area (Å²) >= 11 is 5.94. The van der Waals surface area contributed by atoms with Crippen molar-refractivity contribution in [3.05, 3.63) is 70.1 Å². The molecule has 1 aliphatic rings. The molecule has 0 aliphatic carbocycles. The van der Waals surface area contributed by atoms with E-state index in [9.17, 15) is 9.59 Å². The standard InChI is InChI=1S/C21H21ClN4O2/c22-17-5-7-18(8-6-17)24-11-13-25(14-12-24)20(27)9-10-26-21(28)19-4-2-1-3-16(19)15-23-26/h1-8,15H,9-14H2. The van der Waals surface area contributed by atoms with Crippen molar-refractivity contribution < 1.29 is 4.79 Å². The third-order valence-corrected chi connectivity index (χ3v) is 5.38. The summed E-state index contributed by atoms with van der Waals surface area (Å²) in [5.74, 6) is 0.0533. The van der Waals surface area contributed by atoms with Gasteiger partial charge in [-0.2, -0.15) is 5.10 Å². The Labute approximate surface area is 167 Å². The number of aryl methyl sites for hydroxylation is 1. The zero-order valence-electron chi connectivity index (χ0n) is 15.4. The number of rotatable bonds is 4. The number of nitrogens with zero attached hydrogens (tertiary/aromatic N) is 4. The van der Waals surface area contributed by atoms with Crippen LogP contribution in [0.25, 0.3) is 10.8 Å². The maximum absolute atomic E-state index is 12.6. The van der Waals surface area contributed by atoms with Crippen LogP contribution in [0.4, 0.5) is 5.69 Å². The molecule has 0 radical (unpaired) electrons. The van der Waals surface area contributed by atoms with Gasteiger partial charge in [0.2, 0.25) is 5.91 Å². The summed E-state index contributed by atoms with van der Waals surface area (Å²) in [6.45, 7) is 3.19. The molecule has 0 spiro atoms. The van der Waals surface area contributed by atoms with Gasteiger partial charge < -0.3 is 9.80 Å². The van der Waals surface area contributed by atoms with Gasteiger partial charge >= 0.3 is 0 Å². The van der Waals surface area contributed by atoms with Gasteiger partial charge in [0, 0.05) is 48.7 Å². The fourth-order valence-electron chi connectivity index (χ4n) is 3.51. The summed E-state index contributed by atoms with van der Waals surface area (Å²) in [5, 5.41) is 6.35. The van der Waals surface area contributed by atoms with Crippen molar-refractivity contribution in [2.45, 2.75) is 13.0 Å². The molecular weight excluding hydrogens is 376 g/mol. The van der Waals surface area contributed by atoms with Gasteiger partial charge in [0.05, 0.1) is 18.1 Å². The molecule has 7 heteroatoms. The number of anilines is 1. The molecular formula is C21H21ClN4O2. The lowest BCUT2D eigenvalue weighted by Crippen LogP contribution is -2.49. The smallest absolute Gasteiger partial charge is 0.274 e. The van der Waals surface area contributed by atoms with Crippen molar-refractivity contribution >= 4 is 34.0 Å². The second-order valence-electron chi connectivity index (χ2n) is 6.85. The average molecular weight is 397 g/mol. The van der Waals surface area contributed by atoms with Gasteiger partial charge in [0.25, 0.3) is 5.56 Å². The van der Waals surface area contributed by atoms with E-state index in [4.69, 9.17) is 11.6 Å². The summed E-state index contributed by atoms with van der Waals surface area (Å²) in [5.41, 5.74) is 0.960. The molecule has 144 valence electrons. The van der Waals surface area contributed by atoms with E-state index >= 15 is 0 Å². The Kier molecular flexibility index (Phi) is 5.30. The highest BCUT2D eigenvalue weighted by molar-refractivity contribution is 6.30. The number of carbonyl (C=O) groups excluding carboxylic acids is 1. The van der Waals surface area contributed by atoms with E-state index in [0.29, 0.717) is 25.0 Å². The van der Waals surface area contributed by atoms with E-state index in [1.54, 1.807) is 12.3 Å². The Hall–Kier alpha value is -2.86. The highest BCUT2D eigenvalue weighted by Gasteiger charge is 2.21. The topological polar surface area (TPSA) is 58.4 Å². The molecule has 2 aromatic carbocycles. The molecule has 0 N–H and O–H groups in total. The van der Waals surface area contributed by atoms with Gasteiger partial charge in [0.15, 0.2) is 0 Å². The Balaban J connectivity index is 1.34. The van der Waals surface area contributed by atoms with Gasteiger partial charge in [-0.25, -0.2) is 4.68 Å². The third kappa shape index (κ3) is 3.87. The van der Waals surface area contributed by atoms with Crippen molar-refractivity contribution in [1.82, 2.24) is 14.7 Å². The lowest BCUT2D eigenvalue weighted by atomic mass is 10.2. The highest BCUT2D eigenvalue weighted by atomic mass is 35.5. The molecule has 1 saturated heterocycles. The molecule has 28 heavy (non-hydrogen) atoms. The predicted molar refractivity (Wildman–Crippen MR) is 111 cm³/mol. The van der Waals surface area contributed by atoms with Crippen LogP contribution >= 0.6 is 11.6 Å². The first kappa shape index (κ1) is 18.5. The summed E-state index contributed by atoms with van der Waals surface area (Å²) in [4.78, 5) is 29.2. The van der Waals surface area contributed by atoms with E-state index in [2.05, 4.69) is 10.00 Å². The van der Waals surface area contributed by atoms with Crippen LogP contribution < -0.4 is 10.5 Å². The Morgan fingerprint density at radius 2 is 1.71 bits per heavy atom. The van der Waals surface area contributed by atoms with Crippen LogP contribution in [0.1, 0.15) is 6.42 Å². The van der Waals surface area contributed by atoms with E-state index in [-0.39, 0.29) is 17.9 Å². The van der Waals surface area contributed by atoms with E-state index in [0.717, 1.165) is 29.2 Å². The van der Waals surface area contributed by atoms with E-state index < -0.39 is 0 Å². The molecule has 0 saturated carbocycles. The molecule has 1 amide bonds. The van der Waals surface area contributed by atoms with Gasteiger partial charge in [0.1, 0.15) is 0 Å². The number of carbonyl (C=O) groups is 1. The molecule has 3 aromatic rings. The van der Waals surface area contributed by atoms with Crippen molar-refractivity contribution in [2.24, 2.45) is 0 Å². The Bertz CT molecular complexity index is 1040. The van der Waals surface area contributed by atoms with Gasteiger partial charge in [-0.15, -0.1) is 0 Å². The Morgan fingerprint density at radius 1 is 1.00 bits per heavy atom. The second kappa shape index (κ2) is 8.02. The average Bonchev–Trinajstić information content (AvgIpc) is 2.74. The molecule has 1 aliphatic heterocycles. The molecule has 4 rings (SSSR count). The minimum atomic E-state index is -0.154. The maximum Gasteiger partial charge on any atom is 0.274 e. The fraction of sp³-hybridized carbons (Fsp3) is 0.286. The van der Waals surface area contributed by atoms with Crippen molar-refractivity contribution in [2.75, 3.05) is 31.1 Å². The normalized spacial score (nSPS) is 14.5. The number of hydrogen-bond acceptors (Lipinski definition) is 4. The number of piperazine rings is 1. The van der Waals surface area contributed by atoms with Gasteiger partial charge in [-0.3, -0.25) is 9.59 Å². The molecule has 2 heterocycles. The number of fused-ring (bicyclic) bond motifs is 1. The maximum atomic E-state index is 12.6. The quantitative estimate of drug-likeness (QED) is 0.680. The van der Waals surface area contributed by atoms with Crippen LogP contribution in [0.5, 0.6) is 0 Å². The van der Waals surface area contributed by atoms with Crippen LogP contribution in [0, 0.1) is 0 Å². The molecule has 1 fully saturated rings. The van der Waals surface area contributed by atoms with Crippen LogP contribution in [0.2, 0.25) is 5.02 Å². The minimum absolute atomic E-state index is 0.0533. The number of aromatic nitrogens is 2. The first-order valence-electron chi connectivity index (χ1n) is 9.35. The molecule has 0 bridgehead atoms. The largest absolute Gasteiger partial charge is 0.368 e. The van der Waals surface area contributed by atoms with Gasteiger partial charge in [-0.05, 0) is 30.3 Å². The first-order valence-corrected chi connectivity index (χ1v) is 9.73. The highest BCUT2D eigenvalue weighted by Crippen LogP contribution is 2.19. The predicted octanol–water partition coefficient (Wildman–Crippen LogP) is 2.79. The summed E-state index contributed by atoms with van der Waals surface area (Å²) in [6, 6.07) is 15.1. The fourth-order valence-corrected chi connectivity index (χ4v) is 3.64. The molecule has 1 aromatic heterocycles. The zero-order valence-corrected chi connectivity index (χ0v) is 16.2. The second-order valence-corrected chi connectivity index (χ2v) is 7.29. The molecule has 0 atom stereocenters. The minimum Gasteiger partial charge on any atom is -0.368 e. The summed E-state index contributed by atoms with van der Waals surface area (Å²) in [6.07, 6.45) is 1.94. The lowest BCUT2D eigenvalue weighted by Gasteiger charge is -2.36. The number of amides is 1. The Morgan fingerprint density at radius 3 is 2.46 bits per heavy atom. The molecule has 0 unspecified atom stereocenters. The van der Waals surface area contributed by atoms with Crippen LogP contribution in [0.3, 0.4) is 0 Å². The van der Waals surface area contributed by atoms with Crippen LogP contribution in [-0.4, -0.2) is 46.8 Å². The number of hydrogen-bond donors (Lipinski definition) is 0. The SMILES string of the molecule is O=C(CCn1ncc2ccccc2c1=O)N1CCN(c2ccc(Cl)cc2)CC1. The number of benzene rings is 2. The monoisotopic (exact) mass is 396 g/mol. The van der Waals surface area contributed by atoms with Gasteiger partial charge in [-0.1, -0.05) is 29.8 Å². The summed E-state index contributed by atoms with van der Waals surface area (Å²) in [7, 11) is 0. The first-order chi connectivity index (χ1) is 13.6. The lowest BCUT2D eigenvalue weighted by molar-refractivity contribution is -0.131. The van der Waals surface area contributed by atoms with Crippen molar-refractivity contribution in [1.29, 1.82) is 0 Å². The molecule has 6 nitrogen and oxygen atoms in total. The third-order valence-electron chi connectivity index (χ3n) is 5.12. The van der Waals surface area contributed by atoms with Crippen LogP contribution in [-0.2, 0) is 11.3 Å². The summed E-state index contributed by atoms with van der Waals surface area (Å²) < 4.78 is 1.38. The zero-order chi connectivity index (χ0) is 19.5. The van der Waals surface area contributed by atoms with Crippen molar-refractivity contribution in [3.8, 4) is 0 Å². The van der Waals surface area contributed by atoms with Crippen LogP contribution in [0.15, 0.2) is 59.5 Å². The number of halogens is 1. The van der Waals surface area contributed by atoms with E-state index in [1.807, 2.05) is 47.4 Å². The van der Waals surface area contributed by atoms with E-state index in [1.165, 1.54) is 4.68 Å².